The van der Waals surface area contributed by atoms with Crippen LogP contribution in [0.4, 0.5) is 10.1 Å². The van der Waals surface area contributed by atoms with Crippen LogP contribution >= 0.6 is 0 Å². The first-order valence-electron chi connectivity index (χ1n) is 8.82. The van der Waals surface area contributed by atoms with E-state index < -0.39 is 33.4 Å². The summed E-state index contributed by atoms with van der Waals surface area (Å²) in [6.45, 7) is 0. The lowest BCUT2D eigenvalue weighted by Gasteiger charge is -2.31. The molecule has 2 amide bonds. The lowest BCUT2D eigenvalue weighted by atomic mass is 9.89. The molecule has 2 aromatic rings. The lowest BCUT2D eigenvalue weighted by Crippen LogP contribution is -2.45. The van der Waals surface area contributed by atoms with E-state index in [9.17, 15) is 22.4 Å². The van der Waals surface area contributed by atoms with Crippen LogP contribution in [0.5, 0.6) is 0 Å². The van der Waals surface area contributed by atoms with Crippen LogP contribution in [0.15, 0.2) is 53.5 Å². The third kappa shape index (κ3) is 3.35. The molecule has 2 aromatic carbocycles. The molecule has 144 valence electrons. The van der Waals surface area contributed by atoms with E-state index in [-0.39, 0.29) is 23.2 Å². The second-order valence-corrected chi connectivity index (χ2v) is 9.10. The maximum absolute atomic E-state index is 13.3. The number of carbonyl (C=O) groups excluding carboxylic acids is 2. The zero-order valence-electron chi connectivity index (χ0n) is 14.8. The van der Waals surface area contributed by atoms with Gasteiger partial charge in [-0.25, -0.2) is 17.7 Å². The van der Waals surface area contributed by atoms with E-state index in [1.54, 1.807) is 24.3 Å². The van der Waals surface area contributed by atoms with Gasteiger partial charge in [0, 0.05) is 11.8 Å². The summed E-state index contributed by atoms with van der Waals surface area (Å²) in [4.78, 5) is 31.4. The van der Waals surface area contributed by atoms with Crippen molar-refractivity contribution >= 4 is 33.6 Å². The Morgan fingerprint density at radius 2 is 1.79 bits per heavy atom. The molecule has 0 bridgehead atoms. The molecule has 28 heavy (non-hydrogen) atoms. The van der Waals surface area contributed by atoms with Crippen LogP contribution in [0, 0.1) is 5.82 Å². The summed E-state index contributed by atoms with van der Waals surface area (Å²) >= 11 is 0. The number of aliphatic imine (C=N–C) groups is 1. The normalized spacial score (nSPS) is 24.0. The van der Waals surface area contributed by atoms with Crippen LogP contribution < -0.4 is 4.90 Å². The van der Waals surface area contributed by atoms with E-state index in [0.717, 1.165) is 4.90 Å². The summed E-state index contributed by atoms with van der Waals surface area (Å²) < 4.78 is 36.5. The Kier molecular flexibility index (Phi) is 4.58. The second-order valence-electron chi connectivity index (χ2n) is 6.88. The van der Waals surface area contributed by atoms with Crippen molar-refractivity contribution in [2.75, 3.05) is 16.4 Å². The van der Waals surface area contributed by atoms with E-state index in [2.05, 4.69) is 4.99 Å². The minimum absolute atomic E-state index is 0.0351. The fourth-order valence-corrected chi connectivity index (χ4v) is 5.17. The van der Waals surface area contributed by atoms with Crippen LogP contribution in [0.1, 0.15) is 28.3 Å². The quantitative estimate of drug-likeness (QED) is 0.585. The third-order valence-corrected chi connectivity index (χ3v) is 6.71. The lowest BCUT2D eigenvalue weighted by molar-refractivity contribution is -0.118. The molecule has 2 aliphatic rings. The third-order valence-electron chi connectivity index (χ3n) is 4.95. The zero-order valence-corrected chi connectivity index (χ0v) is 15.6. The molecule has 2 aliphatic heterocycles. The van der Waals surface area contributed by atoms with Gasteiger partial charge in [-0.1, -0.05) is 18.2 Å². The molecule has 0 unspecified atom stereocenters. The second kappa shape index (κ2) is 6.94. The van der Waals surface area contributed by atoms with Gasteiger partial charge in [-0.2, -0.15) is 0 Å². The van der Waals surface area contributed by atoms with Crippen molar-refractivity contribution in [2.24, 2.45) is 4.99 Å². The number of rotatable bonds is 3. The molecule has 1 fully saturated rings. The van der Waals surface area contributed by atoms with Gasteiger partial charge in [-0.3, -0.25) is 14.6 Å². The molecular weight excluding hydrogens is 383 g/mol. The highest BCUT2D eigenvalue weighted by Crippen LogP contribution is 2.32. The summed E-state index contributed by atoms with van der Waals surface area (Å²) in [5, 5.41) is 0. The number of hydrogen-bond donors (Lipinski definition) is 0. The van der Waals surface area contributed by atoms with Gasteiger partial charge in [0.25, 0.3) is 5.91 Å². The highest BCUT2D eigenvalue weighted by Gasteiger charge is 2.39. The van der Waals surface area contributed by atoms with Crippen molar-refractivity contribution < 1.29 is 22.4 Å². The van der Waals surface area contributed by atoms with E-state index in [0.29, 0.717) is 17.5 Å². The predicted octanol–water partition coefficient (Wildman–Crippen LogP) is 2.35. The number of anilines is 1. The summed E-state index contributed by atoms with van der Waals surface area (Å²) in [5.41, 5.74) is 1.16. The van der Waals surface area contributed by atoms with Crippen molar-refractivity contribution in [2.45, 2.75) is 18.4 Å². The van der Waals surface area contributed by atoms with Crippen LogP contribution in [-0.2, 0) is 14.6 Å². The fraction of sp³-hybridized carbons (Fsp3) is 0.250. The standard InChI is InChI=1S/C20H17FN2O4S/c21-13-5-7-15(8-6-13)23-19(24)17-4-2-1-3-16(17)18(20(23)25)11-22-14-9-10-28(26,27)12-14/h1-8,11,14,18H,9-10,12H2/t14-,18+/m1/s1. The van der Waals surface area contributed by atoms with Crippen molar-refractivity contribution in [3.05, 3.63) is 65.5 Å². The Labute approximate surface area is 161 Å². The molecule has 0 saturated carbocycles. The van der Waals surface area contributed by atoms with Crippen LogP contribution in [0.25, 0.3) is 0 Å². The number of carbonyl (C=O) groups is 2. The molecule has 6 nitrogen and oxygen atoms in total. The molecule has 0 radical (unpaired) electrons. The van der Waals surface area contributed by atoms with Crippen molar-refractivity contribution in [1.82, 2.24) is 0 Å². The van der Waals surface area contributed by atoms with Gasteiger partial charge >= 0.3 is 0 Å². The molecule has 0 spiro atoms. The minimum Gasteiger partial charge on any atom is -0.292 e. The van der Waals surface area contributed by atoms with Gasteiger partial charge < -0.3 is 0 Å². The number of halogens is 1. The van der Waals surface area contributed by atoms with E-state index >= 15 is 0 Å². The largest absolute Gasteiger partial charge is 0.292 e. The summed E-state index contributed by atoms with van der Waals surface area (Å²) in [6, 6.07) is 11.5. The van der Waals surface area contributed by atoms with Crippen LogP contribution in [-0.4, -0.2) is 44.0 Å². The molecular formula is C20H17FN2O4S. The van der Waals surface area contributed by atoms with Crippen LogP contribution in [0.2, 0.25) is 0 Å². The Hall–Kier alpha value is -2.87. The smallest absolute Gasteiger partial charge is 0.265 e. The molecule has 0 aromatic heterocycles. The fourth-order valence-electron chi connectivity index (χ4n) is 3.54. The van der Waals surface area contributed by atoms with Crippen molar-refractivity contribution in [1.29, 1.82) is 0 Å². The van der Waals surface area contributed by atoms with Gasteiger partial charge in [-0.15, -0.1) is 0 Å². The first kappa shape index (κ1) is 18.5. The molecule has 2 atom stereocenters. The van der Waals surface area contributed by atoms with Gasteiger partial charge in [0.05, 0.1) is 29.2 Å². The van der Waals surface area contributed by atoms with Crippen molar-refractivity contribution in [3.63, 3.8) is 0 Å². The van der Waals surface area contributed by atoms with Gasteiger partial charge in [0.1, 0.15) is 5.82 Å². The number of amides is 2. The first-order chi connectivity index (χ1) is 13.4. The average molecular weight is 400 g/mol. The Morgan fingerprint density at radius 1 is 1.07 bits per heavy atom. The van der Waals surface area contributed by atoms with E-state index in [1.165, 1.54) is 30.5 Å². The number of sulfone groups is 1. The Balaban J connectivity index is 1.72. The van der Waals surface area contributed by atoms with Crippen LogP contribution in [0.3, 0.4) is 0 Å². The van der Waals surface area contributed by atoms with E-state index in [4.69, 9.17) is 0 Å². The van der Waals surface area contributed by atoms with Gasteiger partial charge in [0.2, 0.25) is 5.91 Å². The average Bonchev–Trinajstić information content (AvgIpc) is 3.02. The van der Waals surface area contributed by atoms with Gasteiger partial charge in [0.15, 0.2) is 9.84 Å². The zero-order chi connectivity index (χ0) is 19.9. The Morgan fingerprint density at radius 3 is 2.46 bits per heavy atom. The number of benzene rings is 2. The first-order valence-corrected chi connectivity index (χ1v) is 10.6. The summed E-state index contributed by atoms with van der Waals surface area (Å²) in [5.74, 6) is -2.22. The number of imide groups is 1. The SMILES string of the molecule is O=C1c2ccccc2[C@H](C=N[C@@H]2CCS(=O)(=O)C2)C(=O)N1c1ccc(F)cc1. The number of nitrogens with zero attached hydrogens (tertiary/aromatic N) is 2. The molecule has 1 saturated heterocycles. The Bertz CT molecular complexity index is 1080. The number of hydrogen-bond acceptors (Lipinski definition) is 5. The minimum atomic E-state index is -3.09. The highest BCUT2D eigenvalue weighted by atomic mass is 32.2. The highest BCUT2D eigenvalue weighted by molar-refractivity contribution is 7.91. The summed E-state index contributed by atoms with van der Waals surface area (Å²) in [6.07, 6.45) is 1.86. The molecule has 8 heteroatoms. The molecule has 4 rings (SSSR count). The predicted molar refractivity (Wildman–Crippen MR) is 103 cm³/mol. The topological polar surface area (TPSA) is 83.9 Å². The maximum atomic E-state index is 13.3. The monoisotopic (exact) mass is 400 g/mol. The molecule has 0 aliphatic carbocycles. The number of fused-ring (bicyclic) bond motifs is 1. The van der Waals surface area contributed by atoms with Crippen molar-refractivity contribution in [3.8, 4) is 0 Å². The maximum Gasteiger partial charge on any atom is 0.265 e. The van der Waals surface area contributed by atoms with Gasteiger partial charge in [-0.05, 0) is 42.3 Å². The summed E-state index contributed by atoms with van der Waals surface area (Å²) in [7, 11) is -3.09. The molecule has 2 heterocycles. The van der Waals surface area contributed by atoms with E-state index in [1.807, 2.05) is 0 Å². The molecule has 0 N–H and O–H groups in total.